The minimum absolute atomic E-state index is 0.0242. The van der Waals surface area contributed by atoms with Gasteiger partial charge in [-0.2, -0.15) is 0 Å². The van der Waals surface area contributed by atoms with Crippen molar-refractivity contribution in [3.8, 4) is 0 Å². The van der Waals surface area contributed by atoms with Crippen LogP contribution in [0.3, 0.4) is 0 Å². The van der Waals surface area contributed by atoms with Crippen molar-refractivity contribution in [2.24, 2.45) is 0 Å². The summed E-state index contributed by atoms with van der Waals surface area (Å²) in [6, 6.07) is 0.0719. The van der Waals surface area contributed by atoms with E-state index in [9.17, 15) is 13.2 Å². The third kappa shape index (κ3) is 3.45. The summed E-state index contributed by atoms with van der Waals surface area (Å²) in [5.74, 6) is 0.137. The van der Waals surface area contributed by atoms with Gasteiger partial charge in [-0.25, -0.2) is 8.42 Å². The summed E-state index contributed by atoms with van der Waals surface area (Å²) in [5.41, 5.74) is 0. The number of carbonyl (C=O) groups excluding carboxylic acids is 1. The number of hydrogen-bond acceptors (Lipinski definition) is 4. The average Bonchev–Trinajstić information content (AvgIpc) is 2.49. The van der Waals surface area contributed by atoms with Crippen molar-refractivity contribution in [3.63, 3.8) is 0 Å². The first-order chi connectivity index (χ1) is 7.22. The quantitative estimate of drug-likeness (QED) is 0.715. The number of hydrogen-bond donors (Lipinski definition) is 2. The molecule has 16 heavy (non-hydrogen) atoms. The molecule has 1 rings (SSSR count). The Kier molecular flexibility index (Phi) is 3.96. The highest BCUT2D eigenvalue weighted by Gasteiger charge is 2.29. The van der Waals surface area contributed by atoms with Gasteiger partial charge in [0.05, 0.1) is 10.5 Å². The van der Waals surface area contributed by atoms with E-state index in [1.54, 1.807) is 20.8 Å². The molecule has 1 saturated heterocycles. The number of carbonyl (C=O) groups is 1. The Labute approximate surface area is 96.9 Å². The normalized spacial score (nSPS) is 22.2. The van der Waals surface area contributed by atoms with Crippen molar-refractivity contribution in [2.45, 2.75) is 38.0 Å². The van der Waals surface area contributed by atoms with Crippen LogP contribution in [0.4, 0.5) is 0 Å². The SMILES string of the molecule is CC(C)(C)S(=O)(=O)CCNC1CNC(=O)C1. The van der Waals surface area contributed by atoms with Crippen LogP contribution in [0, 0.1) is 0 Å². The lowest BCUT2D eigenvalue weighted by Gasteiger charge is -2.20. The van der Waals surface area contributed by atoms with E-state index in [1.807, 2.05) is 0 Å². The third-order valence-corrected chi connectivity index (χ3v) is 5.32. The molecule has 0 aromatic heterocycles. The predicted molar refractivity (Wildman–Crippen MR) is 63.0 cm³/mol. The summed E-state index contributed by atoms with van der Waals surface area (Å²) in [6.07, 6.45) is 0.440. The fourth-order valence-electron chi connectivity index (χ4n) is 1.45. The van der Waals surface area contributed by atoms with Crippen LogP contribution in [0.15, 0.2) is 0 Å². The molecule has 1 amide bonds. The van der Waals surface area contributed by atoms with Crippen molar-refractivity contribution in [1.82, 2.24) is 10.6 Å². The molecule has 0 aromatic carbocycles. The van der Waals surface area contributed by atoms with Gasteiger partial charge in [-0.05, 0) is 20.8 Å². The molecule has 94 valence electrons. The zero-order chi connectivity index (χ0) is 12.4. The fraction of sp³-hybridized carbons (Fsp3) is 0.900. The summed E-state index contributed by atoms with van der Waals surface area (Å²) in [5, 5.41) is 5.77. The van der Waals surface area contributed by atoms with Crippen LogP contribution in [0.2, 0.25) is 0 Å². The monoisotopic (exact) mass is 248 g/mol. The van der Waals surface area contributed by atoms with Crippen molar-refractivity contribution in [3.05, 3.63) is 0 Å². The maximum absolute atomic E-state index is 11.8. The molecule has 0 spiro atoms. The Bertz CT molecular complexity index is 357. The first-order valence-corrected chi connectivity index (χ1v) is 7.10. The second-order valence-corrected chi connectivity index (χ2v) is 7.95. The van der Waals surface area contributed by atoms with Gasteiger partial charge in [-0.3, -0.25) is 4.79 Å². The molecule has 2 N–H and O–H groups in total. The molecule has 0 aromatic rings. The number of rotatable bonds is 4. The molecular weight excluding hydrogens is 228 g/mol. The Morgan fingerprint density at radius 2 is 2.06 bits per heavy atom. The Morgan fingerprint density at radius 1 is 1.44 bits per heavy atom. The van der Waals surface area contributed by atoms with Crippen molar-refractivity contribution in [1.29, 1.82) is 0 Å². The van der Waals surface area contributed by atoms with Gasteiger partial charge in [-0.15, -0.1) is 0 Å². The van der Waals surface area contributed by atoms with Crippen LogP contribution >= 0.6 is 0 Å². The summed E-state index contributed by atoms with van der Waals surface area (Å²) < 4.78 is 22.8. The lowest BCUT2D eigenvalue weighted by molar-refractivity contribution is -0.119. The molecule has 0 radical (unpaired) electrons. The lowest BCUT2D eigenvalue weighted by atomic mass is 10.2. The highest BCUT2D eigenvalue weighted by molar-refractivity contribution is 7.92. The zero-order valence-electron chi connectivity index (χ0n) is 10.0. The number of amides is 1. The summed E-state index contributed by atoms with van der Waals surface area (Å²) >= 11 is 0. The molecule has 6 heteroatoms. The van der Waals surface area contributed by atoms with Crippen molar-refractivity contribution in [2.75, 3.05) is 18.8 Å². The van der Waals surface area contributed by atoms with Crippen LogP contribution in [0.25, 0.3) is 0 Å². The topological polar surface area (TPSA) is 75.3 Å². The van der Waals surface area contributed by atoms with Gasteiger partial charge in [0.15, 0.2) is 9.84 Å². The Morgan fingerprint density at radius 3 is 2.50 bits per heavy atom. The van der Waals surface area contributed by atoms with Crippen LogP contribution < -0.4 is 10.6 Å². The van der Waals surface area contributed by atoms with Gasteiger partial charge < -0.3 is 10.6 Å². The largest absolute Gasteiger partial charge is 0.354 e. The van der Waals surface area contributed by atoms with E-state index in [4.69, 9.17) is 0 Å². The number of sulfone groups is 1. The van der Waals surface area contributed by atoms with Gasteiger partial charge in [0.1, 0.15) is 0 Å². The standard InChI is InChI=1S/C10H20N2O3S/c1-10(2,3)16(14,15)5-4-11-8-6-9(13)12-7-8/h8,11H,4-7H2,1-3H3,(H,12,13). The van der Waals surface area contributed by atoms with E-state index in [2.05, 4.69) is 10.6 Å². The molecule has 1 atom stereocenters. The van der Waals surface area contributed by atoms with Gasteiger partial charge in [0.2, 0.25) is 5.91 Å². The minimum Gasteiger partial charge on any atom is -0.354 e. The molecule has 1 fully saturated rings. The maximum Gasteiger partial charge on any atom is 0.221 e. The molecule has 1 unspecified atom stereocenters. The fourth-order valence-corrected chi connectivity index (χ4v) is 2.45. The van der Waals surface area contributed by atoms with E-state index in [0.717, 1.165) is 0 Å². The Hall–Kier alpha value is -0.620. The second-order valence-electron chi connectivity index (χ2n) is 5.09. The molecule has 1 heterocycles. The predicted octanol–water partition coefficient (Wildman–Crippen LogP) is -0.322. The van der Waals surface area contributed by atoms with Crippen LogP contribution in [0.5, 0.6) is 0 Å². The van der Waals surface area contributed by atoms with Crippen LogP contribution in [0.1, 0.15) is 27.2 Å². The Balaban J connectivity index is 2.34. The minimum atomic E-state index is -3.07. The smallest absolute Gasteiger partial charge is 0.221 e. The van der Waals surface area contributed by atoms with E-state index >= 15 is 0 Å². The lowest BCUT2D eigenvalue weighted by Crippen LogP contribution is -2.38. The van der Waals surface area contributed by atoms with E-state index < -0.39 is 14.6 Å². The second kappa shape index (κ2) is 4.71. The van der Waals surface area contributed by atoms with E-state index in [-0.39, 0.29) is 17.7 Å². The van der Waals surface area contributed by atoms with Gasteiger partial charge in [-0.1, -0.05) is 0 Å². The maximum atomic E-state index is 11.8. The first-order valence-electron chi connectivity index (χ1n) is 5.45. The molecule has 1 aliphatic rings. The van der Waals surface area contributed by atoms with Crippen LogP contribution in [-0.2, 0) is 14.6 Å². The van der Waals surface area contributed by atoms with Crippen molar-refractivity contribution < 1.29 is 13.2 Å². The highest BCUT2D eigenvalue weighted by atomic mass is 32.2. The molecule has 5 nitrogen and oxygen atoms in total. The summed E-state index contributed by atoms with van der Waals surface area (Å²) in [6.45, 7) is 6.09. The first kappa shape index (κ1) is 13.4. The van der Waals surface area contributed by atoms with Gasteiger partial charge >= 0.3 is 0 Å². The molecule has 0 bridgehead atoms. The summed E-state index contributed by atoms with van der Waals surface area (Å²) in [7, 11) is -3.07. The zero-order valence-corrected chi connectivity index (χ0v) is 10.9. The van der Waals surface area contributed by atoms with Gasteiger partial charge in [0.25, 0.3) is 0 Å². The molecule has 0 aliphatic carbocycles. The van der Waals surface area contributed by atoms with E-state index in [1.165, 1.54) is 0 Å². The summed E-state index contributed by atoms with van der Waals surface area (Å²) in [4.78, 5) is 10.9. The van der Waals surface area contributed by atoms with Crippen LogP contribution in [-0.4, -0.2) is 44.0 Å². The average molecular weight is 248 g/mol. The molecule has 0 saturated carbocycles. The van der Waals surface area contributed by atoms with Gasteiger partial charge in [0, 0.05) is 25.6 Å². The highest BCUT2D eigenvalue weighted by Crippen LogP contribution is 2.15. The molecule has 1 aliphatic heterocycles. The van der Waals surface area contributed by atoms with Crippen molar-refractivity contribution >= 4 is 15.7 Å². The number of nitrogens with one attached hydrogen (secondary N) is 2. The third-order valence-electron chi connectivity index (χ3n) is 2.71. The van der Waals surface area contributed by atoms with E-state index in [0.29, 0.717) is 19.5 Å². The molecular formula is C10H20N2O3S.